The van der Waals surface area contributed by atoms with Crippen molar-refractivity contribution in [2.24, 2.45) is 5.41 Å². The lowest BCUT2D eigenvalue weighted by molar-refractivity contribution is -0.125. The predicted octanol–water partition coefficient (Wildman–Crippen LogP) is 4.61. The molecule has 1 spiro atoms. The van der Waals surface area contributed by atoms with Gasteiger partial charge in [0.2, 0.25) is 5.91 Å². The second-order valence-electron chi connectivity index (χ2n) is 10.2. The molecule has 6 rings (SSSR count). The highest BCUT2D eigenvalue weighted by atomic mass is 16.5. The fraction of sp³-hybridized carbons (Fsp3) is 0.267. The topological polar surface area (TPSA) is 98.1 Å². The molecule has 2 aromatic heterocycles. The molecular formula is C30H28N6O2. The monoisotopic (exact) mass is 504 g/mol. The first-order valence-electron chi connectivity index (χ1n) is 12.7. The van der Waals surface area contributed by atoms with Crippen LogP contribution in [0, 0.1) is 23.7 Å². The lowest BCUT2D eigenvalue weighted by atomic mass is 9.78. The molecule has 1 amide bonds. The molecule has 0 unspecified atom stereocenters. The van der Waals surface area contributed by atoms with Crippen LogP contribution in [0.4, 0.5) is 5.69 Å². The molecule has 8 nitrogen and oxygen atoms in total. The van der Waals surface area contributed by atoms with Crippen LogP contribution in [0.5, 0.6) is 5.75 Å². The Morgan fingerprint density at radius 1 is 1.26 bits per heavy atom. The number of hydrogen-bond acceptors (Lipinski definition) is 6. The molecule has 190 valence electrons. The molecule has 2 saturated heterocycles. The van der Waals surface area contributed by atoms with E-state index in [1.807, 2.05) is 60.5 Å². The van der Waals surface area contributed by atoms with Crippen molar-refractivity contribution in [1.82, 2.24) is 20.1 Å². The Morgan fingerprint density at radius 2 is 2.13 bits per heavy atom. The van der Waals surface area contributed by atoms with Crippen LogP contribution < -0.4 is 9.64 Å². The summed E-state index contributed by atoms with van der Waals surface area (Å²) in [5.41, 5.74) is 6.08. The number of hydrogen-bond donors (Lipinski definition) is 1. The van der Waals surface area contributed by atoms with Crippen molar-refractivity contribution in [2.45, 2.75) is 20.0 Å². The van der Waals surface area contributed by atoms with E-state index in [1.165, 1.54) is 6.08 Å². The molecule has 4 aromatic rings. The number of aromatic nitrogens is 3. The first-order chi connectivity index (χ1) is 18.5. The van der Waals surface area contributed by atoms with Crippen LogP contribution in [0.2, 0.25) is 0 Å². The number of benzene rings is 2. The number of carbonyl (C=O) groups excluding carboxylic acids is 1. The number of H-pyrrole nitrogens is 1. The molecule has 0 saturated carbocycles. The lowest BCUT2D eigenvalue weighted by Gasteiger charge is -2.49. The average Bonchev–Trinajstić information content (AvgIpc) is 3.59. The number of nitrogens with zero attached hydrogens (tertiary/aromatic N) is 5. The van der Waals surface area contributed by atoms with E-state index in [9.17, 15) is 10.1 Å². The number of likely N-dealkylation sites (tertiary alicyclic amines) is 1. The summed E-state index contributed by atoms with van der Waals surface area (Å²) in [6.07, 6.45) is 5.89. The van der Waals surface area contributed by atoms with E-state index in [4.69, 9.17) is 4.74 Å². The van der Waals surface area contributed by atoms with Crippen molar-refractivity contribution < 1.29 is 9.53 Å². The van der Waals surface area contributed by atoms with Gasteiger partial charge in [-0.3, -0.25) is 14.9 Å². The van der Waals surface area contributed by atoms with Crippen LogP contribution in [0.15, 0.2) is 67.5 Å². The number of rotatable bonds is 6. The number of aromatic amines is 1. The first kappa shape index (κ1) is 23.7. The van der Waals surface area contributed by atoms with Crippen LogP contribution in [-0.4, -0.2) is 52.2 Å². The van der Waals surface area contributed by atoms with E-state index in [-0.39, 0.29) is 11.3 Å². The van der Waals surface area contributed by atoms with Gasteiger partial charge in [0.05, 0.1) is 28.7 Å². The highest BCUT2D eigenvalue weighted by molar-refractivity contribution is 5.99. The summed E-state index contributed by atoms with van der Waals surface area (Å²) in [6.45, 7) is 9.01. The highest BCUT2D eigenvalue weighted by Gasteiger charge is 2.49. The minimum atomic E-state index is -0.0195. The zero-order valence-electron chi connectivity index (χ0n) is 21.3. The first-order valence-corrected chi connectivity index (χ1v) is 12.7. The molecule has 2 aliphatic heterocycles. The second-order valence-corrected chi connectivity index (χ2v) is 10.2. The van der Waals surface area contributed by atoms with Gasteiger partial charge in [-0.1, -0.05) is 18.7 Å². The van der Waals surface area contributed by atoms with Gasteiger partial charge >= 0.3 is 0 Å². The minimum Gasteiger partial charge on any atom is -0.487 e. The van der Waals surface area contributed by atoms with Crippen molar-refractivity contribution in [3.8, 4) is 22.9 Å². The normalized spacial score (nSPS) is 15.9. The van der Waals surface area contributed by atoms with E-state index in [1.54, 1.807) is 6.20 Å². The summed E-state index contributed by atoms with van der Waals surface area (Å²) in [6, 6.07) is 16.2. The fourth-order valence-corrected chi connectivity index (χ4v) is 5.82. The van der Waals surface area contributed by atoms with Crippen molar-refractivity contribution in [3.63, 3.8) is 0 Å². The number of nitrogens with one attached hydrogen (secondary N) is 1. The van der Waals surface area contributed by atoms with Crippen LogP contribution in [0.1, 0.15) is 23.2 Å². The van der Waals surface area contributed by atoms with Gasteiger partial charge in [0.25, 0.3) is 0 Å². The largest absolute Gasteiger partial charge is 0.487 e. The van der Waals surface area contributed by atoms with Crippen LogP contribution in [-0.2, 0) is 11.4 Å². The Kier molecular flexibility index (Phi) is 5.84. The highest BCUT2D eigenvalue weighted by Crippen LogP contribution is 2.46. The summed E-state index contributed by atoms with van der Waals surface area (Å²) in [5.74, 6) is 0.657. The zero-order chi connectivity index (χ0) is 26.3. The minimum absolute atomic E-state index is 0.0195. The molecule has 0 aliphatic carbocycles. The van der Waals surface area contributed by atoms with Crippen molar-refractivity contribution in [1.29, 1.82) is 5.26 Å². The maximum absolute atomic E-state index is 12.2. The van der Waals surface area contributed by atoms with E-state index in [0.29, 0.717) is 24.5 Å². The molecule has 2 aromatic carbocycles. The molecule has 8 heteroatoms. The third kappa shape index (κ3) is 4.06. The summed E-state index contributed by atoms with van der Waals surface area (Å²) in [4.78, 5) is 20.7. The molecule has 2 aliphatic rings. The van der Waals surface area contributed by atoms with E-state index in [2.05, 4.69) is 32.7 Å². The van der Waals surface area contributed by atoms with Crippen LogP contribution in [0.3, 0.4) is 0 Å². The molecule has 0 bridgehead atoms. The van der Waals surface area contributed by atoms with Gasteiger partial charge < -0.3 is 14.5 Å². The van der Waals surface area contributed by atoms with Crippen molar-refractivity contribution in [3.05, 3.63) is 84.3 Å². The third-order valence-corrected chi connectivity index (χ3v) is 7.74. The molecular weight excluding hydrogens is 476 g/mol. The van der Waals surface area contributed by atoms with Gasteiger partial charge in [0.15, 0.2) is 0 Å². The van der Waals surface area contributed by atoms with E-state index < -0.39 is 0 Å². The third-order valence-electron chi connectivity index (χ3n) is 7.74. The zero-order valence-corrected chi connectivity index (χ0v) is 21.3. The van der Waals surface area contributed by atoms with Gasteiger partial charge in [0.1, 0.15) is 18.4 Å². The van der Waals surface area contributed by atoms with Crippen LogP contribution in [0.25, 0.3) is 22.0 Å². The van der Waals surface area contributed by atoms with Crippen molar-refractivity contribution in [2.75, 3.05) is 31.1 Å². The Balaban J connectivity index is 1.40. The maximum atomic E-state index is 12.2. The molecule has 1 N–H and O–H groups in total. The number of carbonyl (C=O) groups is 1. The second kappa shape index (κ2) is 9.34. The predicted molar refractivity (Wildman–Crippen MR) is 146 cm³/mol. The number of nitriles is 1. The summed E-state index contributed by atoms with van der Waals surface area (Å²) in [5, 5.41) is 18.7. The van der Waals surface area contributed by atoms with Gasteiger partial charge in [-0.2, -0.15) is 10.4 Å². The SMILES string of the molecule is C=CC(=O)N1CCC2(C1)CN(c1cc(OCc3ccccn3)cc(-c3c(C)ccc4[nH]ncc34)c1C#N)C2. The molecule has 4 heterocycles. The summed E-state index contributed by atoms with van der Waals surface area (Å²) in [7, 11) is 0. The Morgan fingerprint density at radius 3 is 2.89 bits per heavy atom. The Labute approximate surface area is 221 Å². The number of ether oxygens (including phenoxy) is 1. The quantitative estimate of drug-likeness (QED) is 0.385. The van der Waals surface area contributed by atoms with E-state index >= 15 is 0 Å². The summed E-state index contributed by atoms with van der Waals surface area (Å²) < 4.78 is 6.24. The number of fused-ring (bicyclic) bond motifs is 1. The number of amides is 1. The number of aryl methyl sites for hydroxylation is 1. The average molecular weight is 505 g/mol. The fourth-order valence-electron chi connectivity index (χ4n) is 5.82. The lowest BCUT2D eigenvalue weighted by Crippen LogP contribution is -2.58. The number of anilines is 1. The van der Waals surface area contributed by atoms with Crippen molar-refractivity contribution >= 4 is 22.5 Å². The van der Waals surface area contributed by atoms with E-state index in [0.717, 1.165) is 65.0 Å². The van der Waals surface area contributed by atoms with Crippen LogP contribution >= 0.6 is 0 Å². The molecule has 2 fully saturated rings. The standard InChI is InChI=1S/C30H28N6O2/c1-3-28(37)35-11-9-30(17-35)18-36(19-30)27-13-22(38-16-21-6-4-5-10-32-21)12-23(24(27)14-31)29-20(2)7-8-26-25(29)15-33-34-26/h3-8,10,12-13,15H,1,9,11,16-19H2,2H3,(H,33,34). The molecule has 0 atom stereocenters. The maximum Gasteiger partial charge on any atom is 0.245 e. The van der Waals surface area contributed by atoms with Gasteiger partial charge in [0, 0.05) is 54.8 Å². The Bertz CT molecular complexity index is 1580. The van der Waals surface area contributed by atoms with Gasteiger partial charge in [-0.15, -0.1) is 0 Å². The van der Waals surface area contributed by atoms with Gasteiger partial charge in [-0.05, 0) is 54.8 Å². The summed E-state index contributed by atoms with van der Waals surface area (Å²) >= 11 is 0. The molecule has 0 radical (unpaired) electrons. The smallest absolute Gasteiger partial charge is 0.245 e. The molecule has 38 heavy (non-hydrogen) atoms. The number of pyridine rings is 1. The van der Waals surface area contributed by atoms with Gasteiger partial charge in [-0.25, -0.2) is 0 Å². The Hall–Kier alpha value is -4.64.